The summed E-state index contributed by atoms with van der Waals surface area (Å²) in [5.74, 6) is 0.500. The first-order valence-electron chi connectivity index (χ1n) is 5.86. The minimum Gasteiger partial charge on any atom is -0.507 e. The van der Waals surface area contributed by atoms with Crippen LogP contribution in [-0.2, 0) is 0 Å². The fourth-order valence-corrected chi connectivity index (χ4v) is 2.16. The van der Waals surface area contributed by atoms with Crippen molar-refractivity contribution in [3.05, 3.63) is 28.2 Å². The number of rotatable bonds is 6. The molecule has 3 nitrogen and oxygen atoms in total. The van der Waals surface area contributed by atoms with Crippen LogP contribution in [-0.4, -0.2) is 35.4 Å². The number of carbonyl (C=O) groups excluding carboxylic acids is 1. The molecule has 0 fully saturated rings. The maximum atomic E-state index is 12.1. The molecule has 0 atom stereocenters. The number of unbranched alkanes of at least 4 members (excludes halogenated alkanes) is 2. The molecular formula is C13H17BrClNO2. The molecule has 1 aromatic rings. The standard InChI is InChI=1S/C13H17BrClNO2/c1-16(8-4-2-3-7-15)13(18)11-9-10(14)5-6-12(11)17/h5-6,9,17H,2-4,7-8H2,1H3. The third-order valence-corrected chi connectivity index (χ3v) is 3.42. The van der Waals surface area contributed by atoms with Gasteiger partial charge >= 0.3 is 0 Å². The number of hydrogen-bond donors (Lipinski definition) is 1. The molecule has 0 heterocycles. The van der Waals surface area contributed by atoms with Crippen molar-refractivity contribution in [1.29, 1.82) is 0 Å². The molecule has 0 bridgehead atoms. The summed E-state index contributed by atoms with van der Waals surface area (Å²) in [5.41, 5.74) is 0.323. The molecule has 1 aromatic carbocycles. The van der Waals surface area contributed by atoms with Crippen LogP contribution in [0.3, 0.4) is 0 Å². The molecule has 0 aliphatic heterocycles. The Morgan fingerprint density at radius 1 is 1.39 bits per heavy atom. The van der Waals surface area contributed by atoms with E-state index < -0.39 is 0 Å². The van der Waals surface area contributed by atoms with Gasteiger partial charge in [0, 0.05) is 23.9 Å². The van der Waals surface area contributed by atoms with E-state index >= 15 is 0 Å². The maximum Gasteiger partial charge on any atom is 0.257 e. The fraction of sp³-hybridized carbons (Fsp3) is 0.462. The summed E-state index contributed by atoms with van der Waals surface area (Å²) in [6.45, 7) is 0.668. The van der Waals surface area contributed by atoms with Crippen molar-refractivity contribution in [3.8, 4) is 5.75 Å². The predicted molar refractivity (Wildman–Crippen MR) is 77.3 cm³/mol. The number of aromatic hydroxyl groups is 1. The van der Waals surface area contributed by atoms with E-state index in [2.05, 4.69) is 15.9 Å². The van der Waals surface area contributed by atoms with Gasteiger partial charge in [-0.25, -0.2) is 0 Å². The Kier molecular flexibility index (Phi) is 6.50. The number of amides is 1. The predicted octanol–water partition coefficient (Wildman–Crippen LogP) is 3.64. The quantitative estimate of drug-likeness (QED) is 0.637. The first-order valence-corrected chi connectivity index (χ1v) is 7.19. The molecule has 0 spiro atoms. The topological polar surface area (TPSA) is 40.5 Å². The van der Waals surface area contributed by atoms with E-state index in [1.54, 1.807) is 24.1 Å². The third kappa shape index (κ3) is 4.50. The highest BCUT2D eigenvalue weighted by Gasteiger charge is 2.15. The largest absolute Gasteiger partial charge is 0.507 e. The van der Waals surface area contributed by atoms with Crippen LogP contribution in [0.2, 0.25) is 0 Å². The van der Waals surface area contributed by atoms with Crippen LogP contribution in [0.5, 0.6) is 5.75 Å². The van der Waals surface area contributed by atoms with Gasteiger partial charge in [0.05, 0.1) is 5.56 Å². The van der Waals surface area contributed by atoms with E-state index in [-0.39, 0.29) is 11.7 Å². The second kappa shape index (κ2) is 7.64. The molecule has 5 heteroatoms. The monoisotopic (exact) mass is 333 g/mol. The Morgan fingerprint density at radius 2 is 2.11 bits per heavy atom. The molecule has 1 amide bonds. The molecule has 0 unspecified atom stereocenters. The summed E-state index contributed by atoms with van der Waals surface area (Å²) >= 11 is 8.89. The SMILES string of the molecule is CN(CCCCCCl)C(=O)c1cc(Br)ccc1O. The lowest BCUT2D eigenvalue weighted by Gasteiger charge is -2.17. The van der Waals surface area contributed by atoms with E-state index in [1.807, 2.05) is 0 Å². The molecule has 0 radical (unpaired) electrons. The highest BCUT2D eigenvalue weighted by atomic mass is 79.9. The van der Waals surface area contributed by atoms with Crippen LogP contribution in [0.1, 0.15) is 29.6 Å². The molecule has 0 aliphatic rings. The van der Waals surface area contributed by atoms with Gasteiger partial charge in [-0.1, -0.05) is 22.4 Å². The molecule has 0 saturated carbocycles. The highest BCUT2D eigenvalue weighted by molar-refractivity contribution is 9.10. The van der Waals surface area contributed by atoms with Crippen LogP contribution < -0.4 is 0 Å². The average Bonchev–Trinajstić information content (AvgIpc) is 2.36. The molecule has 1 rings (SSSR count). The zero-order valence-electron chi connectivity index (χ0n) is 10.3. The van der Waals surface area contributed by atoms with Gasteiger partial charge in [-0.05, 0) is 31.0 Å². The lowest BCUT2D eigenvalue weighted by atomic mass is 10.1. The van der Waals surface area contributed by atoms with Gasteiger partial charge in [-0.2, -0.15) is 0 Å². The van der Waals surface area contributed by atoms with Crippen molar-refractivity contribution >= 4 is 33.4 Å². The summed E-state index contributed by atoms with van der Waals surface area (Å²) in [6.07, 6.45) is 2.89. The molecule has 0 aliphatic carbocycles. The minimum absolute atomic E-state index is 0.0100. The highest BCUT2D eigenvalue weighted by Crippen LogP contribution is 2.23. The number of alkyl halides is 1. The van der Waals surface area contributed by atoms with E-state index in [4.69, 9.17) is 11.6 Å². The van der Waals surface area contributed by atoms with Crippen LogP contribution >= 0.6 is 27.5 Å². The second-order valence-electron chi connectivity index (χ2n) is 4.14. The lowest BCUT2D eigenvalue weighted by molar-refractivity contribution is 0.0789. The Labute approximate surface area is 121 Å². The number of hydrogen-bond acceptors (Lipinski definition) is 2. The Hall–Kier alpha value is -0.740. The number of carbonyl (C=O) groups is 1. The van der Waals surface area contributed by atoms with Crippen molar-refractivity contribution in [1.82, 2.24) is 4.90 Å². The van der Waals surface area contributed by atoms with Crippen molar-refractivity contribution in [2.24, 2.45) is 0 Å². The zero-order chi connectivity index (χ0) is 13.5. The zero-order valence-corrected chi connectivity index (χ0v) is 12.7. The lowest BCUT2D eigenvalue weighted by Crippen LogP contribution is -2.27. The number of benzene rings is 1. The summed E-state index contributed by atoms with van der Waals surface area (Å²) in [4.78, 5) is 13.7. The van der Waals surface area contributed by atoms with E-state index in [0.717, 1.165) is 23.7 Å². The molecule has 18 heavy (non-hydrogen) atoms. The van der Waals surface area contributed by atoms with E-state index in [0.29, 0.717) is 18.0 Å². The van der Waals surface area contributed by atoms with Crippen LogP contribution in [0.25, 0.3) is 0 Å². The van der Waals surface area contributed by atoms with Crippen molar-refractivity contribution < 1.29 is 9.90 Å². The number of nitrogens with zero attached hydrogens (tertiary/aromatic N) is 1. The maximum absolute atomic E-state index is 12.1. The van der Waals surface area contributed by atoms with Gasteiger partial charge in [0.2, 0.25) is 0 Å². The molecule has 100 valence electrons. The average molecular weight is 335 g/mol. The molecule has 0 aromatic heterocycles. The molecule has 0 saturated heterocycles. The number of phenols is 1. The van der Waals surface area contributed by atoms with Gasteiger partial charge in [0.1, 0.15) is 5.75 Å². The van der Waals surface area contributed by atoms with Gasteiger partial charge in [-0.15, -0.1) is 11.6 Å². The van der Waals surface area contributed by atoms with Gasteiger partial charge < -0.3 is 10.0 Å². The summed E-state index contributed by atoms with van der Waals surface area (Å²) < 4.78 is 0.777. The van der Waals surface area contributed by atoms with E-state index in [1.165, 1.54) is 6.07 Å². The Bertz CT molecular complexity index is 412. The fourth-order valence-electron chi connectivity index (χ4n) is 1.61. The summed E-state index contributed by atoms with van der Waals surface area (Å²) in [5, 5.41) is 9.68. The summed E-state index contributed by atoms with van der Waals surface area (Å²) in [7, 11) is 1.74. The Morgan fingerprint density at radius 3 is 2.78 bits per heavy atom. The second-order valence-corrected chi connectivity index (χ2v) is 5.43. The normalized spacial score (nSPS) is 10.4. The number of phenolic OH excluding ortho intramolecular Hbond substituents is 1. The third-order valence-electron chi connectivity index (χ3n) is 2.66. The van der Waals surface area contributed by atoms with Gasteiger partial charge in [-0.3, -0.25) is 4.79 Å². The molecular weight excluding hydrogens is 318 g/mol. The van der Waals surface area contributed by atoms with Crippen molar-refractivity contribution in [2.45, 2.75) is 19.3 Å². The van der Waals surface area contributed by atoms with E-state index in [9.17, 15) is 9.90 Å². The Balaban J connectivity index is 2.60. The van der Waals surface area contributed by atoms with Crippen LogP contribution in [0.4, 0.5) is 0 Å². The smallest absolute Gasteiger partial charge is 0.257 e. The summed E-state index contributed by atoms with van der Waals surface area (Å²) in [6, 6.07) is 4.85. The molecule has 1 N–H and O–H groups in total. The number of halogens is 2. The van der Waals surface area contributed by atoms with Crippen LogP contribution in [0.15, 0.2) is 22.7 Å². The van der Waals surface area contributed by atoms with Gasteiger partial charge in [0.25, 0.3) is 5.91 Å². The first kappa shape index (κ1) is 15.3. The first-order chi connectivity index (χ1) is 8.56. The van der Waals surface area contributed by atoms with Gasteiger partial charge in [0.15, 0.2) is 0 Å². The minimum atomic E-state index is -0.167. The van der Waals surface area contributed by atoms with Crippen molar-refractivity contribution in [2.75, 3.05) is 19.5 Å². The van der Waals surface area contributed by atoms with Crippen molar-refractivity contribution in [3.63, 3.8) is 0 Å². The van der Waals surface area contributed by atoms with Crippen LogP contribution in [0, 0.1) is 0 Å².